The summed E-state index contributed by atoms with van der Waals surface area (Å²) in [6.07, 6.45) is 2.55. The van der Waals surface area contributed by atoms with Crippen molar-refractivity contribution in [2.24, 2.45) is 0 Å². The number of rotatable bonds is 5. The van der Waals surface area contributed by atoms with Gasteiger partial charge < -0.3 is 4.74 Å². The standard InChI is InChI=1S/C16H16N2O4S2/c1-22-12-5-3-11(4-6-12)14-9-13-15(23-14)16(19)18(10-17-13)7-8-24(2,20)21/h3-6,9-10H,7-8H2,1-2H3. The third-order valence-electron chi connectivity index (χ3n) is 3.58. The molecule has 8 heteroatoms. The smallest absolute Gasteiger partial charge is 0.271 e. The lowest BCUT2D eigenvalue weighted by atomic mass is 10.2. The molecule has 0 atom stereocenters. The maximum Gasteiger partial charge on any atom is 0.271 e. The normalized spacial score (nSPS) is 11.8. The first kappa shape index (κ1) is 16.7. The molecule has 0 N–H and O–H groups in total. The van der Waals surface area contributed by atoms with E-state index in [1.165, 1.54) is 22.2 Å². The van der Waals surface area contributed by atoms with Crippen LogP contribution < -0.4 is 10.3 Å². The van der Waals surface area contributed by atoms with Gasteiger partial charge in [0, 0.05) is 17.7 Å². The minimum atomic E-state index is -3.13. The molecular formula is C16H16N2O4S2. The Hall–Kier alpha value is -2.19. The van der Waals surface area contributed by atoms with Gasteiger partial charge in [-0.2, -0.15) is 0 Å². The lowest BCUT2D eigenvalue weighted by molar-refractivity contribution is 0.415. The second-order valence-electron chi connectivity index (χ2n) is 5.43. The number of nitrogens with zero attached hydrogens (tertiary/aromatic N) is 2. The van der Waals surface area contributed by atoms with Gasteiger partial charge in [-0.25, -0.2) is 13.4 Å². The predicted molar refractivity (Wildman–Crippen MR) is 95.6 cm³/mol. The Morgan fingerprint density at radius 2 is 1.96 bits per heavy atom. The van der Waals surface area contributed by atoms with Crippen molar-refractivity contribution in [3.8, 4) is 16.2 Å². The molecule has 0 radical (unpaired) electrons. The summed E-state index contributed by atoms with van der Waals surface area (Å²) in [5, 5.41) is 0. The number of sulfone groups is 1. The fourth-order valence-corrected chi connectivity index (χ4v) is 3.86. The number of methoxy groups -OCH3 is 1. The minimum absolute atomic E-state index is 0.0865. The highest BCUT2D eigenvalue weighted by Gasteiger charge is 2.12. The Balaban J connectivity index is 1.98. The zero-order valence-corrected chi connectivity index (χ0v) is 14.9. The van der Waals surface area contributed by atoms with Crippen molar-refractivity contribution in [1.82, 2.24) is 9.55 Å². The van der Waals surface area contributed by atoms with Crippen LogP contribution >= 0.6 is 11.3 Å². The van der Waals surface area contributed by atoms with Gasteiger partial charge in [0.05, 0.1) is 24.7 Å². The maximum atomic E-state index is 12.5. The summed E-state index contributed by atoms with van der Waals surface area (Å²) >= 11 is 1.35. The van der Waals surface area contributed by atoms with Gasteiger partial charge in [-0.05, 0) is 35.9 Å². The minimum Gasteiger partial charge on any atom is -0.497 e. The zero-order valence-electron chi connectivity index (χ0n) is 13.2. The second-order valence-corrected chi connectivity index (χ2v) is 8.74. The molecule has 126 valence electrons. The molecule has 0 fully saturated rings. The van der Waals surface area contributed by atoms with E-state index < -0.39 is 9.84 Å². The van der Waals surface area contributed by atoms with Crippen molar-refractivity contribution in [3.63, 3.8) is 0 Å². The van der Waals surface area contributed by atoms with Gasteiger partial charge in [0.1, 0.15) is 20.3 Å². The van der Waals surface area contributed by atoms with Crippen LogP contribution in [-0.2, 0) is 16.4 Å². The second kappa shape index (κ2) is 6.37. The van der Waals surface area contributed by atoms with Crippen LogP contribution in [0.4, 0.5) is 0 Å². The van der Waals surface area contributed by atoms with Crippen molar-refractivity contribution in [1.29, 1.82) is 0 Å². The summed E-state index contributed by atoms with van der Waals surface area (Å²) in [6, 6.07) is 9.43. The van der Waals surface area contributed by atoms with Gasteiger partial charge in [-0.3, -0.25) is 9.36 Å². The summed E-state index contributed by atoms with van der Waals surface area (Å²) in [5.74, 6) is 0.678. The number of ether oxygens (including phenoxy) is 1. The van der Waals surface area contributed by atoms with Crippen LogP contribution in [-0.4, -0.2) is 37.1 Å². The molecule has 0 aliphatic carbocycles. The summed E-state index contributed by atoms with van der Waals surface area (Å²) in [7, 11) is -1.52. The topological polar surface area (TPSA) is 78.3 Å². The van der Waals surface area contributed by atoms with Crippen molar-refractivity contribution in [2.45, 2.75) is 6.54 Å². The fourth-order valence-electron chi connectivity index (χ4n) is 2.27. The van der Waals surface area contributed by atoms with Crippen molar-refractivity contribution in [2.75, 3.05) is 19.1 Å². The highest BCUT2D eigenvalue weighted by molar-refractivity contribution is 7.90. The fraction of sp³-hybridized carbons (Fsp3) is 0.250. The van der Waals surface area contributed by atoms with E-state index in [0.717, 1.165) is 22.4 Å². The van der Waals surface area contributed by atoms with Gasteiger partial charge in [0.25, 0.3) is 5.56 Å². The Morgan fingerprint density at radius 1 is 1.25 bits per heavy atom. The Bertz CT molecular complexity index is 1030. The lowest BCUT2D eigenvalue weighted by Crippen LogP contribution is -2.23. The van der Waals surface area contributed by atoms with E-state index in [0.29, 0.717) is 10.2 Å². The van der Waals surface area contributed by atoms with E-state index in [9.17, 15) is 13.2 Å². The Labute approximate surface area is 143 Å². The number of benzene rings is 1. The van der Waals surface area contributed by atoms with Gasteiger partial charge >= 0.3 is 0 Å². The van der Waals surface area contributed by atoms with Crippen LogP contribution in [0, 0.1) is 0 Å². The molecule has 2 aromatic heterocycles. The van der Waals surface area contributed by atoms with E-state index >= 15 is 0 Å². The molecule has 0 bridgehead atoms. The van der Waals surface area contributed by atoms with E-state index in [4.69, 9.17) is 4.74 Å². The average molecular weight is 364 g/mol. The molecule has 0 saturated heterocycles. The lowest BCUT2D eigenvalue weighted by Gasteiger charge is -2.03. The van der Waals surface area contributed by atoms with Crippen LogP contribution in [0.25, 0.3) is 20.7 Å². The molecule has 2 heterocycles. The van der Waals surface area contributed by atoms with E-state index in [-0.39, 0.29) is 17.9 Å². The highest BCUT2D eigenvalue weighted by Crippen LogP contribution is 2.31. The molecule has 0 spiro atoms. The van der Waals surface area contributed by atoms with Crippen LogP contribution in [0.15, 0.2) is 41.5 Å². The first-order valence-electron chi connectivity index (χ1n) is 7.18. The number of thiophene rings is 1. The molecule has 0 aliphatic heterocycles. The van der Waals surface area contributed by atoms with Crippen LogP contribution in [0.3, 0.4) is 0 Å². The highest BCUT2D eigenvalue weighted by atomic mass is 32.2. The van der Waals surface area contributed by atoms with Gasteiger partial charge in [-0.1, -0.05) is 0 Å². The average Bonchev–Trinajstić information content (AvgIpc) is 2.98. The molecule has 3 rings (SSSR count). The van der Waals surface area contributed by atoms with Crippen LogP contribution in [0.1, 0.15) is 0 Å². The third-order valence-corrected chi connectivity index (χ3v) is 5.67. The van der Waals surface area contributed by atoms with E-state index in [1.807, 2.05) is 30.3 Å². The monoisotopic (exact) mass is 364 g/mol. The van der Waals surface area contributed by atoms with Gasteiger partial charge in [0.15, 0.2) is 0 Å². The van der Waals surface area contributed by atoms with Crippen molar-refractivity contribution < 1.29 is 13.2 Å². The van der Waals surface area contributed by atoms with Crippen molar-refractivity contribution >= 4 is 31.4 Å². The summed E-state index contributed by atoms with van der Waals surface area (Å²) in [5.41, 5.74) is 1.38. The summed E-state index contributed by atoms with van der Waals surface area (Å²) in [6.45, 7) is 0.108. The largest absolute Gasteiger partial charge is 0.497 e. The third kappa shape index (κ3) is 3.49. The van der Waals surface area contributed by atoms with Crippen LogP contribution in [0.2, 0.25) is 0 Å². The number of aromatic nitrogens is 2. The Morgan fingerprint density at radius 3 is 2.58 bits per heavy atom. The van der Waals surface area contributed by atoms with Crippen molar-refractivity contribution in [3.05, 3.63) is 47.0 Å². The molecule has 0 amide bonds. The van der Waals surface area contributed by atoms with Gasteiger partial charge in [-0.15, -0.1) is 11.3 Å². The summed E-state index contributed by atoms with van der Waals surface area (Å²) in [4.78, 5) is 17.7. The van der Waals surface area contributed by atoms with E-state index in [2.05, 4.69) is 4.98 Å². The first-order chi connectivity index (χ1) is 11.4. The number of aryl methyl sites for hydroxylation is 1. The Kier molecular flexibility index (Phi) is 4.42. The molecule has 0 unspecified atom stereocenters. The van der Waals surface area contributed by atoms with Gasteiger partial charge in [0.2, 0.25) is 0 Å². The molecule has 0 aliphatic rings. The SMILES string of the molecule is COc1ccc(-c2cc3ncn(CCS(C)(=O)=O)c(=O)c3s2)cc1. The predicted octanol–water partition coefficient (Wildman–Crippen LogP) is 2.18. The maximum absolute atomic E-state index is 12.5. The van der Waals surface area contributed by atoms with Crippen LogP contribution in [0.5, 0.6) is 5.75 Å². The molecule has 3 aromatic rings. The first-order valence-corrected chi connectivity index (χ1v) is 10.1. The number of fused-ring (bicyclic) bond motifs is 1. The molecular weight excluding hydrogens is 348 g/mol. The quantitative estimate of drug-likeness (QED) is 0.693. The zero-order chi connectivity index (χ0) is 17.3. The molecule has 24 heavy (non-hydrogen) atoms. The van der Waals surface area contributed by atoms with E-state index in [1.54, 1.807) is 7.11 Å². The molecule has 6 nitrogen and oxygen atoms in total. The molecule has 1 aromatic carbocycles. The number of hydrogen-bond acceptors (Lipinski definition) is 6. The summed E-state index contributed by atoms with van der Waals surface area (Å²) < 4.78 is 29.6. The molecule has 0 saturated carbocycles. The number of hydrogen-bond donors (Lipinski definition) is 0.